The van der Waals surface area contributed by atoms with E-state index in [1.54, 1.807) is 31.2 Å². The average Bonchev–Trinajstić information content (AvgIpc) is 2.34. The Balaban J connectivity index is 2.34. The molecule has 4 heteroatoms. The van der Waals surface area contributed by atoms with Gasteiger partial charge in [0.1, 0.15) is 19.0 Å². The zero-order chi connectivity index (χ0) is 13.5. The van der Waals surface area contributed by atoms with Crippen LogP contribution in [0.2, 0.25) is 0 Å². The van der Waals surface area contributed by atoms with Crippen LogP contribution in [0.5, 0.6) is 5.75 Å². The maximum atomic E-state index is 11.1. The average molecular weight is 248 g/mol. The first kappa shape index (κ1) is 14.0. The van der Waals surface area contributed by atoms with E-state index < -0.39 is 5.97 Å². The first-order valence-electron chi connectivity index (χ1n) is 5.57. The highest BCUT2D eigenvalue weighted by atomic mass is 16.6. The fraction of sp³-hybridized carbons (Fsp3) is 0.286. The van der Waals surface area contributed by atoms with Gasteiger partial charge in [-0.2, -0.15) is 0 Å². The quantitative estimate of drug-likeness (QED) is 0.336. The minimum absolute atomic E-state index is 0.0111. The lowest BCUT2D eigenvalue weighted by molar-refractivity contribution is -0.139. The summed E-state index contributed by atoms with van der Waals surface area (Å²) in [6.07, 6.45) is 0. The molecule has 1 aromatic carbocycles. The van der Waals surface area contributed by atoms with Gasteiger partial charge in [0.05, 0.1) is 0 Å². The van der Waals surface area contributed by atoms with E-state index in [2.05, 4.69) is 6.58 Å². The molecule has 0 aromatic heterocycles. The van der Waals surface area contributed by atoms with Crippen molar-refractivity contribution in [3.05, 3.63) is 42.0 Å². The lowest BCUT2D eigenvalue weighted by Gasteiger charge is -2.07. The van der Waals surface area contributed by atoms with E-state index >= 15 is 0 Å². The SMILES string of the molecule is C=C(C)C(=O)OCCOc1ccc(C(C)=O)cc1. The first-order valence-corrected chi connectivity index (χ1v) is 5.57. The van der Waals surface area contributed by atoms with Gasteiger partial charge in [0.15, 0.2) is 5.78 Å². The van der Waals surface area contributed by atoms with Gasteiger partial charge in [-0.15, -0.1) is 0 Å². The number of Topliss-reactive ketones (excluding diaryl/α,β-unsaturated/α-hetero) is 1. The second-order valence-corrected chi connectivity index (χ2v) is 3.85. The van der Waals surface area contributed by atoms with Crippen LogP contribution in [0.15, 0.2) is 36.4 Å². The molecule has 0 unspecified atom stereocenters. The number of benzene rings is 1. The smallest absolute Gasteiger partial charge is 0.333 e. The zero-order valence-electron chi connectivity index (χ0n) is 10.6. The van der Waals surface area contributed by atoms with Crippen LogP contribution in [0.4, 0.5) is 0 Å². The van der Waals surface area contributed by atoms with Crippen LogP contribution in [-0.4, -0.2) is 25.0 Å². The Kier molecular flexibility index (Phi) is 5.11. The van der Waals surface area contributed by atoms with Gasteiger partial charge in [0.2, 0.25) is 0 Å². The fourth-order valence-corrected chi connectivity index (χ4v) is 1.20. The molecule has 0 bridgehead atoms. The summed E-state index contributed by atoms with van der Waals surface area (Å²) in [5.41, 5.74) is 0.997. The van der Waals surface area contributed by atoms with Crippen molar-refractivity contribution in [2.24, 2.45) is 0 Å². The van der Waals surface area contributed by atoms with Crippen molar-refractivity contribution in [2.75, 3.05) is 13.2 Å². The summed E-state index contributed by atoms with van der Waals surface area (Å²) in [6, 6.07) is 6.80. The number of esters is 1. The number of carbonyl (C=O) groups excluding carboxylic acids is 2. The van der Waals surface area contributed by atoms with Gasteiger partial charge in [-0.25, -0.2) is 4.79 Å². The van der Waals surface area contributed by atoms with E-state index in [9.17, 15) is 9.59 Å². The third-order valence-electron chi connectivity index (χ3n) is 2.19. The second kappa shape index (κ2) is 6.59. The molecule has 1 aromatic rings. The molecule has 0 saturated heterocycles. The minimum Gasteiger partial charge on any atom is -0.490 e. The number of hydrogen-bond donors (Lipinski definition) is 0. The maximum Gasteiger partial charge on any atom is 0.333 e. The maximum absolute atomic E-state index is 11.1. The third kappa shape index (κ3) is 4.41. The van der Waals surface area contributed by atoms with Crippen LogP contribution >= 0.6 is 0 Å². The standard InChI is InChI=1S/C14H16O4/c1-10(2)14(16)18-9-8-17-13-6-4-12(5-7-13)11(3)15/h4-7H,1,8-9H2,2-3H3. The van der Waals surface area contributed by atoms with Gasteiger partial charge in [-0.1, -0.05) is 6.58 Å². The molecule has 18 heavy (non-hydrogen) atoms. The van der Waals surface area contributed by atoms with E-state index in [0.717, 1.165) is 0 Å². The third-order valence-corrected chi connectivity index (χ3v) is 2.19. The molecular weight excluding hydrogens is 232 g/mol. The van der Waals surface area contributed by atoms with Crippen molar-refractivity contribution in [3.63, 3.8) is 0 Å². The molecular formula is C14H16O4. The number of hydrogen-bond acceptors (Lipinski definition) is 4. The summed E-state index contributed by atoms with van der Waals surface area (Å²) in [5.74, 6) is 0.217. The summed E-state index contributed by atoms with van der Waals surface area (Å²) in [7, 11) is 0. The Hall–Kier alpha value is -2.10. The summed E-state index contributed by atoms with van der Waals surface area (Å²) < 4.78 is 10.2. The van der Waals surface area contributed by atoms with Gasteiger partial charge in [0, 0.05) is 11.1 Å². The van der Waals surface area contributed by atoms with Gasteiger partial charge < -0.3 is 9.47 Å². The summed E-state index contributed by atoms with van der Waals surface area (Å²) in [4.78, 5) is 22.1. The Bertz CT molecular complexity index is 445. The molecule has 1 rings (SSSR count). The molecule has 4 nitrogen and oxygen atoms in total. The Morgan fingerprint density at radius 1 is 1.11 bits per heavy atom. The van der Waals surface area contributed by atoms with E-state index in [4.69, 9.17) is 9.47 Å². The first-order chi connectivity index (χ1) is 8.50. The van der Waals surface area contributed by atoms with E-state index in [-0.39, 0.29) is 19.0 Å². The summed E-state index contributed by atoms with van der Waals surface area (Å²) in [5, 5.41) is 0. The predicted molar refractivity (Wildman–Crippen MR) is 67.7 cm³/mol. The lowest BCUT2D eigenvalue weighted by atomic mass is 10.1. The molecule has 0 N–H and O–H groups in total. The van der Waals surface area contributed by atoms with Crippen LogP contribution < -0.4 is 4.74 Å². The normalized spacial score (nSPS) is 9.67. The van der Waals surface area contributed by atoms with Gasteiger partial charge in [0.25, 0.3) is 0 Å². The van der Waals surface area contributed by atoms with Crippen LogP contribution in [0, 0.1) is 0 Å². The largest absolute Gasteiger partial charge is 0.490 e. The molecule has 0 aliphatic carbocycles. The monoisotopic (exact) mass is 248 g/mol. The summed E-state index contributed by atoms with van der Waals surface area (Å²) in [6.45, 7) is 6.99. The Labute approximate surface area is 106 Å². The van der Waals surface area contributed by atoms with Crippen molar-refractivity contribution in [2.45, 2.75) is 13.8 Å². The molecule has 0 saturated carbocycles. The van der Waals surface area contributed by atoms with Crippen LogP contribution in [0.3, 0.4) is 0 Å². The van der Waals surface area contributed by atoms with Crippen molar-refractivity contribution >= 4 is 11.8 Å². The molecule has 0 amide bonds. The minimum atomic E-state index is -0.425. The van der Waals surface area contributed by atoms with Crippen molar-refractivity contribution in [1.29, 1.82) is 0 Å². The molecule has 0 aliphatic rings. The van der Waals surface area contributed by atoms with Crippen LogP contribution in [-0.2, 0) is 9.53 Å². The number of carbonyl (C=O) groups is 2. The molecule has 0 heterocycles. The topological polar surface area (TPSA) is 52.6 Å². The highest BCUT2D eigenvalue weighted by Crippen LogP contribution is 2.12. The Morgan fingerprint density at radius 3 is 2.22 bits per heavy atom. The van der Waals surface area contributed by atoms with Gasteiger partial charge >= 0.3 is 5.97 Å². The van der Waals surface area contributed by atoms with Crippen LogP contribution in [0.1, 0.15) is 24.2 Å². The van der Waals surface area contributed by atoms with Crippen molar-refractivity contribution < 1.29 is 19.1 Å². The van der Waals surface area contributed by atoms with Gasteiger partial charge in [-0.3, -0.25) is 4.79 Å². The molecule has 0 spiro atoms. The number of ketones is 1. The predicted octanol–water partition coefficient (Wildman–Crippen LogP) is 2.39. The fourth-order valence-electron chi connectivity index (χ4n) is 1.20. The van der Waals surface area contributed by atoms with E-state index in [1.165, 1.54) is 6.92 Å². The highest BCUT2D eigenvalue weighted by molar-refractivity contribution is 5.94. The zero-order valence-corrected chi connectivity index (χ0v) is 10.6. The number of ether oxygens (including phenoxy) is 2. The molecule has 0 fully saturated rings. The summed E-state index contributed by atoms with van der Waals surface area (Å²) >= 11 is 0. The molecule has 0 radical (unpaired) electrons. The van der Waals surface area contributed by atoms with E-state index in [1.807, 2.05) is 0 Å². The van der Waals surface area contributed by atoms with Crippen molar-refractivity contribution in [3.8, 4) is 5.75 Å². The molecule has 0 atom stereocenters. The number of rotatable bonds is 6. The van der Waals surface area contributed by atoms with Crippen molar-refractivity contribution in [1.82, 2.24) is 0 Å². The molecule has 96 valence electrons. The highest BCUT2D eigenvalue weighted by Gasteiger charge is 2.03. The van der Waals surface area contributed by atoms with E-state index in [0.29, 0.717) is 16.9 Å². The second-order valence-electron chi connectivity index (χ2n) is 3.85. The van der Waals surface area contributed by atoms with Gasteiger partial charge in [-0.05, 0) is 38.1 Å². The lowest BCUT2D eigenvalue weighted by Crippen LogP contribution is -2.12. The molecule has 0 aliphatic heterocycles. The van der Waals surface area contributed by atoms with Crippen LogP contribution in [0.25, 0.3) is 0 Å². The Morgan fingerprint density at radius 2 is 1.72 bits per heavy atom.